The van der Waals surface area contributed by atoms with Crippen LogP contribution in [0.2, 0.25) is 0 Å². The van der Waals surface area contributed by atoms with Crippen molar-refractivity contribution < 1.29 is 4.74 Å². The Morgan fingerprint density at radius 1 is 0.950 bits per heavy atom. The van der Waals surface area contributed by atoms with E-state index in [2.05, 4.69) is 6.58 Å². The monoisotopic (exact) mass is 266 g/mol. The van der Waals surface area contributed by atoms with Gasteiger partial charge in [-0.15, -0.1) is 0 Å². The zero-order valence-corrected chi connectivity index (χ0v) is 12.5. The Bertz CT molecular complexity index is 553. The summed E-state index contributed by atoms with van der Waals surface area (Å²) in [5.74, 6) is 0.868. The van der Waals surface area contributed by atoms with E-state index in [1.165, 1.54) is 0 Å². The van der Waals surface area contributed by atoms with E-state index in [1.54, 1.807) is 12.3 Å². The molecule has 0 heterocycles. The van der Waals surface area contributed by atoms with E-state index < -0.39 is 0 Å². The summed E-state index contributed by atoms with van der Waals surface area (Å²) in [5, 5.41) is 0. The molecular weight excluding hydrogens is 244 g/mol. The van der Waals surface area contributed by atoms with E-state index in [9.17, 15) is 0 Å². The smallest absolute Gasteiger partial charge is 0.129 e. The lowest BCUT2D eigenvalue weighted by Crippen LogP contribution is -1.88. The van der Waals surface area contributed by atoms with Gasteiger partial charge in [0, 0.05) is 5.57 Å². The molecule has 1 heteroatoms. The van der Waals surface area contributed by atoms with E-state index in [1.807, 2.05) is 75.4 Å². The second-order valence-corrected chi connectivity index (χ2v) is 4.03. The van der Waals surface area contributed by atoms with Crippen LogP contribution in [0.3, 0.4) is 0 Å². The zero-order valence-electron chi connectivity index (χ0n) is 12.5. The summed E-state index contributed by atoms with van der Waals surface area (Å²) in [5.41, 5.74) is 3.19. The van der Waals surface area contributed by atoms with Gasteiger partial charge in [-0.05, 0) is 24.1 Å². The Labute approximate surface area is 122 Å². The molecule has 0 aliphatic carbocycles. The molecule has 2 rings (SSSR count). The van der Waals surface area contributed by atoms with Gasteiger partial charge in [0.05, 0.1) is 6.26 Å². The molecule has 2 aromatic carbocycles. The van der Waals surface area contributed by atoms with Crippen LogP contribution >= 0.6 is 0 Å². The second kappa shape index (κ2) is 8.76. The molecule has 1 nitrogen and oxygen atoms in total. The SMILES string of the molecule is C=C/C(=C\Oc1ccccc1C)c1ccccc1.CC. The number of para-hydroxylation sites is 1. The van der Waals surface area contributed by atoms with Crippen molar-refractivity contribution in [2.75, 3.05) is 0 Å². The van der Waals surface area contributed by atoms with Crippen LogP contribution in [-0.2, 0) is 0 Å². The molecule has 0 aliphatic heterocycles. The van der Waals surface area contributed by atoms with Crippen LogP contribution in [0.15, 0.2) is 73.5 Å². The van der Waals surface area contributed by atoms with E-state index in [0.29, 0.717) is 0 Å². The number of hydrogen-bond acceptors (Lipinski definition) is 1. The number of ether oxygens (including phenoxy) is 1. The Balaban J connectivity index is 0.000000956. The average Bonchev–Trinajstić information content (AvgIpc) is 2.53. The molecule has 0 N–H and O–H groups in total. The highest BCUT2D eigenvalue weighted by molar-refractivity contribution is 5.72. The van der Waals surface area contributed by atoms with Gasteiger partial charge in [0.15, 0.2) is 0 Å². The fourth-order valence-corrected chi connectivity index (χ4v) is 1.68. The molecule has 0 fully saturated rings. The summed E-state index contributed by atoms with van der Waals surface area (Å²) in [7, 11) is 0. The van der Waals surface area contributed by atoms with Crippen molar-refractivity contribution in [3.63, 3.8) is 0 Å². The van der Waals surface area contributed by atoms with Gasteiger partial charge in [0.1, 0.15) is 5.75 Å². The highest BCUT2D eigenvalue weighted by atomic mass is 16.5. The van der Waals surface area contributed by atoms with Gasteiger partial charge >= 0.3 is 0 Å². The predicted molar refractivity (Wildman–Crippen MR) is 87.8 cm³/mol. The lowest BCUT2D eigenvalue weighted by molar-refractivity contribution is 0.480. The second-order valence-electron chi connectivity index (χ2n) is 4.03. The van der Waals surface area contributed by atoms with E-state index in [-0.39, 0.29) is 0 Å². The van der Waals surface area contributed by atoms with Gasteiger partial charge in [-0.25, -0.2) is 0 Å². The van der Waals surface area contributed by atoms with Gasteiger partial charge in [-0.3, -0.25) is 0 Å². The largest absolute Gasteiger partial charge is 0.464 e. The van der Waals surface area contributed by atoms with Crippen molar-refractivity contribution in [1.82, 2.24) is 0 Å². The third-order valence-electron chi connectivity index (χ3n) is 2.73. The van der Waals surface area contributed by atoms with Crippen LogP contribution < -0.4 is 4.74 Å². The Kier molecular flexibility index (Phi) is 6.91. The van der Waals surface area contributed by atoms with Crippen molar-refractivity contribution >= 4 is 5.57 Å². The van der Waals surface area contributed by atoms with Gasteiger partial charge in [-0.2, -0.15) is 0 Å². The van der Waals surface area contributed by atoms with Gasteiger partial charge < -0.3 is 4.74 Å². The predicted octanol–water partition coefficient (Wildman–Crippen LogP) is 5.63. The first-order chi connectivity index (χ1) is 9.81. The summed E-state index contributed by atoms with van der Waals surface area (Å²) in [6, 6.07) is 18.0. The molecule has 0 radical (unpaired) electrons. The van der Waals surface area contributed by atoms with Crippen molar-refractivity contribution in [3.8, 4) is 5.75 Å². The summed E-state index contributed by atoms with van der Waals surface area (Å²) < 4.78 is 5.71. The highest BCUT2D eigenvalue weighted by Gasteiger charge is 1.99. The van der Waals surface area contributed by atoms with Crippen LogP contribution in [0, 0.1) is 6.92 Å². The molecule has 0 unspecified atom stereocenters. The van der Waals surface area contributed by atoms with Crippen LogP contribution in [0.25, 0.3) is 5.57 Å². The normalized spacial score (nSPS) is 10.2. The molecule has 2 aromatic rings. The number of benzene rings is 2. The minimum absolute atomic E-state index is 0.868. The van der Waals surface area contributed by atoms with E-state index >= 15 is 0 Å². The molecule has 0 amide bonds. The molecule has 104 valence electrons. The van der Waals surface area contributed by atoms with Gasteiger partial charge in [0.2, 0.25) is 0 Å². The summed E-state index contributed by atoms with van der Waals surface area (Å²) in [4.78, 5) is 0. The fraction of sp³-hybridized carbons (Fsp3) is 0.158. The fourth-order valence-electron chi connectivity index (χ4n) is 1.68. The van der Waals surface area contributed by atoms with E-state index in [4.69, 9.17) is 4.74 Å². The third kappa shape index (κ3) is 4.43. The maximum Gasteiger partial charge on any atom is 0.129 e. The minimum atomic E-state index is 0.868. The molecule has 0 atom stereocenters. The molecule has 0 saturated heterocycles. The van der Waals surface area contributed by atoms with Gasteiger partial charge in [-0.1, -0.05) is 75.0 Å². The van der Waals surface area contributed by atoms with Crippen molar-refractivity contribution in [2.45, 2.75) is 20.8 Å². The van der Waals surface area contributed by atoms with Crippen molar-refractivity contribution in [2.24, 2.45) is 0 Å². The van der Waals surface area contributed by atoms with E-state index in [0.717, 1.165) is 22.4 Å². The molecule has 0 aromatic heterocycles. The summed E-state index contributed by atoms with van der Waals surface area (Å²) >= 11 is 0. The first-order valence-electron chi connectivity index (χ1n) is 6.91. The molecule has 0 bridgehead atoms. The van der Waals surface area contributed by atoms with Crippen LogP contribution in [-0.4, -0.2) is 0 Å². The molecule has 0 aliphatic rings. The number of aryl methyl sites for hydroxylation is 1. The standard InChI is InChI=1S/C17H16O.C2H6/c1-3-15(16-10-5-4-6-11-16)13-18-17-12-8-7-9-14(17)2;1-2/h3-13H,1H2,2H3;1-2H3/b15-13+;. The highest BCUT2D eigenvalue weighted by Crippen LogP contribution is 2.20. The van der Waals surface area contributed by atoms with Crippen LogP contribution in [0.5, 0.6) is 5.75 Å². The van der Waals surface area contributed by atoms with Crippen molar-refractivity contribution in [1.29, 1.82) is 0 Å². The lowest BCUT2D eigenvalue weighted by Gasteiger charge is -2.06. The first kappa shape index (κ1) is 15.8. The summed E-state index contributed by atoms with van der Waals surface area (Å²) in [6.07, 6.45) is 3.54. The Morgan fingerprint density at radius 2 is 1.55 bits per heavy atom. The minimum Gasteiger partial charge on any atom is -0.464 e. The molecular formula is C19H22O. The van der Waals surface area contributed by atoms with Crippen molar-refractivity contribution in [3.05, 3.63) is 84.6 Å². The third-order valence-corrected chi connectivity index (χ3v) is 2.73. The molecule has 20 heavy (non-hydrogen) atoms. The maximum atomic E-state index is 5.71. The first-order valence-corrected chi connectivity index (χ1v) is 6.91. The number of rotatable bonds is 4. The molecule has 0 spiro atoms. The maximum absolute atomic E-state index is 5.71. The van der Waals surface area contributed by atoms with Crippen LogP contribution in [0.1, 0.15) is 25.0 Å². The Hall–Kier alpha value is -2.28. The number of allylic oxidation sites excluding steroid dienone is 2. The lowest BCUT2D eigenvalue weighted by atomic mass is 10.1. The van der Waals surface area contributed by atoms with Gasteiger partial charge in [0.25, 0.3) is 0 Å². The summed E-state index contributed by atoms with van der Waals surface area (Å²) in [6.45, 7) is 9.85. The van der Waals surface area contributed by atoms with Crippen LogP contribution in [0.4, 0.5) is 0 Å². The Morgan fingerprint density at radius 3 is 2.15 bits per heavy atom. The molecule has 0 saturated carbocycles. The average molecular weight is 266 g/mol. The quantitative estimate of drug-likeness (QED) is 0.515. The number of hydrogen-bond donors (Lipinski definition) is 0. The topological polar surface area (TPSA) is 9.23 Å². The zero-order chi connectivity index (χ0) is 14.8.